The maximum Gasteiger partial charge on any atom is 0.222 e. The molecule has 0 saturated carbocycles. The number of hydrogen-bond acceptors (Lipinski definition) is 3. The van der Waals surface area contributed by atoms with Crippen LogP contribution in [0.5, 0.6) is 0 Å². The van der Waals surface area contributed by atoms with E-state index in [0.29, 0.717) is 6.10 Å². The van der Waals surface area contributed by atoms with Gasteiger partial charge in [0.1, 0.15) is 0 Å². The highest BCUT2D eigenvalue weighted by molar-refractivity contribution is 5.77. The van der Waals surface area contributed by atoms with Crippen molar-refractivity contribution in [3.05, 3.63) is 0 Å². The molecule has 4 nitrogen and oxygen atoms in total. The molecule has 0 bridgehead atoms. The largest absolute Gasteiger partial charge is 0.378 e. The van der Waals surface area contributed by atoms with Crippen LogP contribution in [0.15, 0.2) is 0 Å². The lowest BCUT2D eigenvalue weighted by molar-refractivity contribution is -0.124. The quantitative estimate of drug-likeness (QED) is 0.665. The molecule has 1 amide bonds. The molecule has 0 aromatic rings. The van der Waals surface area contributed by atoms with Crippen molar-refractivity contribution in [1.82, 2.24) is 10.6 Å². The van der Waals surface area contributed by atoms with Gasteiger partial charge >= 0.3 is 0 Å². The number of ether oxygens (including phenoxy) is 1. The zero-order valence-electron chi connectivity index (χ0n) is 10.4. The minimum absolute atomic E-state index is 0.0744. The van der Waals surface area contributed by atoms with Gasteiger partial charge in [0, 0.05) is 19.1 Å². The van der Waals surface area contributed by atoms with Crippen LogP contribution in [0.25, 0.3) is 0 Å². The Morgan fingerprint density at radius 3 is 2.75 bits per heavy atom. The Morgan fingerprint density at radius 2 is 2.12 bits per heavy atom. The number of amides is 1. The number of carbonyl (C=O) groups excluding carboxylic acids is 1. The van der Waals surface area contributed by atoms with Gasteiger partial charge in [-0.3, -0.25) is 4.79 Å². The number of piperidine rings is 1. The second-order valence-corrected chi connectivity index (χ2v) is 4.62. The zero-order valence-corrected chi connectivity index (χ0v) is 10.4. The average Bonchev–Trinajstić information content (AvgIpc) is 2.29. The number of carbonyl (C=O) groups is 1. The van der Waals surface area contributed by atoms with Gasteiger partial charge in [0.15, 0.2) is 0 Å². The van der Waals surface area contributed by atoms with Crippen molar-refractivity contribution >= 4 is 5.91 Å². The highest BCUT2D eigenvalue weighted by Gasteiger charge is 2.12. The third-order valence-corrected chi connectivity index (χ3v) is 2.78. The minimum atomic E-state index is 0.0744. The van der Waals surface area contributed by atoms with Crippen molar-refractivity contribution in [3.63, 3.8) is 0 Å². The first-order valence-corrected chi connectivity index (χ1v) is 6.30. The van der Waals surface area contributed by atoms with Crippen LogP contribution in [0.4, 0.5) is 0 Å². The first-order chi connectivity index (χ1) is 7.70. The standard InChI is InChI=1S/C12H24N2O2/c1-10(2)12(15)14-6-3-9-16-11-4-7-13-8-5-11/h10-11,13H,3-9H2,1-2H3,(H,14,15). The van der Waals surface area contributed by atoms with Gasteiger partial charge in [-0.05, 0) is 32.4 Å². The topological polar surface area (TPSA) is 50.4 Å². The molecule has 1 heterocycles. The summed E-state index contributed by atoms with van der Waals surface area (Å²) in [6.45, 7) is 7.41. The van der Waals surface area contributed by atoms with Gasteiger partial charge in [0.25, 0.3) is 0 Å². The van der Waals surface area contributed by atoms with E-state index in [-0.39, 0.29) is 11.8 Å². The Labute approximate surface area is 98.1 Å². The summed E-state index contributed by atoms with van der Waals surface area (Å²) in [5.41, 5.74) is 0. The molecule has 0 atom stereocenters. The van der Waals surface area contributed by atoms with Crippen LogP contribution in [0.3, 0.4) is 0 Å². The normalized spacial score (nSPS) is 17.7. The lowest BCUT2D eigenvalue weighted by Gasteiger charge is -2.22. The molecule has 1 fully saturated rings. The molecular weight excluding hydrogens is 204 g/mol. The molecule has 4 heteroatoms. The van der Waals surface area contributed by atoms with Gasteiger partial charge in [0.2, 0.25) is 5.91 Å². The number of rotatable bonds is 6. The van der Waals surface area contributed by atoms with Gasteiger partial charge in [-0.2, -0.15) is 0 Å². The smallest absolute Gasteiger partial charge is 0.222 e. The molecule has 16 heavy (non-hydrogen) atoms. The Balaban J connectivity index is 1.93. The van der Waals surface area contributed by atoms with Gasteiger partial charge in [-0.1, -0.05) is 13.8 Å². The first-order valence-electron chi connectivity index (χ1n) is 6.30. The van der Waals surface area contributed by atoms with Gasteiger partial charge in [-0.25, -0.2) is 0 Å². The minimum Gasteiger partial charge on any atom is -0.378 e. The highest BCUT2D eigenvalue weighted by atomic mass is 16.5. The molecule has 0 aliphatic carbocycles. The van der Waals surface area contributed by atoms with Crippen LogP contribution < -0.4 is 10.6 Å². The summed E-state index contributed by atoms with van der Waals surface area (Å²) in [6, 6.07) is 0. The summed E-state index contributed by atoms with van der Waals surface area (Å²) in [6.07, 6.45) is 3.54. The molecule has 1 rings (SSSR count). The van der Waals surface area contributed by atoms with E-state index >= 15 is 0 Å². The summed E-state index contributed by atoms with van der Waals surface area (Å²) in [4.78, 5) is 11.2. The molecule has 0 spiro atoms. The molecule has 94 valence electrons. The number of nitrogens with one attached hydrogen (secondary N) is 2. The van der Waals surface area contributed by atoms with Crippen LogP contribution in [0.1, 0.15) is 33.1 Å². The molecule has 0 aromatic carbocycles. The lowest BCUT2D eigenvalue weighted by atomic mass is 10.1. The molecule has 1 aliphatic rings. The fourth-order valence-corrected chi connectivity index (χ4v) is 1.70. The van der Waals surface area contributed by atoms with Crippen LogP contribution >= 0.6 is 0 Å². The van der Waals surface area contributed by atoms with Crippen LogP contribution in [-0.2, 0) is 9.53 Å². The zero-order chi connectivity index (χ0) is 11.8. The SMILES string of the molecule is CC(C)C(=O)NCCCOC1CCNCC1. The highest BCUT2D eigenvalue weighted by Crippen LogP contribution is 2.07. The summed E-state index contributed by atoms with van der Waals surface area (Å²) in [5.74, 6) is 0.201. The van der Waals surface area contributed by atoms with E-state index in [2.05, 4.69) is 10.6 Å². The second kappa shape index (κ2) is 7.63. The summed E-state index contributed by atoms with van der Waals surface area (Å²) in [7, 11) is 0. The lowest BCUT2D eigenvalue weighted by Crippen LogP contribution is -2.33. The first kappa shape index (κ1) is 13.5. The Hall–Kier alpha value is -0.610. The maximum absolute atomic E-state index is 11.2. The van der Waals surface area contributed by atoms with Crippen LogP contribution in [0.2, 0.25) is 0 Å². The van der Waals surface area contributed by atoms with Crippen molar-refractivity contribution in [2.75, 3.05) is 26.2 Å². The fraction of sp³-hybridized carbons (Fsp3) is 0.917. The van der Waals surface area contributed by atoms with Gasteiger partial charge in [0.05, 0.1) is 6.10 Å². The monoisotopic (exact) mass is 228 g/mol. The van der Waals surface area contributed by atoms with Crippen molar-refractivity contribution in [3.8, 4) is 0 Å². The van der Waals surface area contributed by atoms with E-state index < -0.39 is 0 Å². The van der Waals surface area contributed by atoms with E-state index in [1.807, 2.05) is 13.8 Å². The number of hydrogen-bond donors (Lipinski definition) is 2. The second-order valence-electron chi connectivity index (χ2n) is 4.62. The molecule has 2 N–H and O–H groups in total. The summed E-state index contributed by atoms with van der Waals surface area (Å²) >= 11 is 0. The summed E-state index contributed by atoms with van der Waals surface area (Å²) < 4.78 is 5.73. The van der Waals surface area contributed by atoms with Crippen molar-refractivity contribution in [1.29, 1.82) is 0 Å². The molecular formula is C12H24N2O2. The molecule has 0 radical (unpaired) electrons. The van der Waals surface area contributed by atoms with Crippen molar-refractivity contribution in [2.24, 2.45) is 5.92 Å². The van der Waals surface area contributed by atoms with Crippen molar-refractivity contribution in [2.45, 2.75) is 39.2 Å². The van der Waals surface area contributed by atoms with Gasteiger partial charge < -0.3 is 15.4 Å². The maximum atomic E-state index is 11.2. The predicted molar refractivity (Wildman–Crippen MR) is 64.3 cm³/mol. The van der Waals surface area contributed by atoms with E-state index in [1.165, 1.54) is 0 Å². The average molecular weight is 228 g/mol. The molecule has 1 aliphatic heterocycles. The van der Waals surface area contributed by atoms with E-state index in [1.54, 1.807) is 0 Å². The third kappa shape index (κ3) is 5.47. The van der Waals surface area contributed by atoms with Gasteiger partial charge in [-0.15, -0.1) is 0 Å². The Bertz CT molecular complexity index is 201. The molecule has 0 aromatic heterocycles. The third-order valence-electron chi connectivity index (χ3n) is 2.78. The predicted octanol–water partition coefficient (Wildman–Crippen LogP) is 0.917. The fourth-order valence-electron chi connectivity index (χ4n) is 1.70. The molecule has 0 unspecified atom stereocenters. The van der Waals surface area contributed by atoms with Crippen LogP contribution in [-0.4, -0.2) is 38.3 Å². The Morgan fingerprint density at radius 1 is 1.44 bits per heavy atom. The molecule has 1 saturated heterocycles. The summed E-state index contributed by atoms with van der Waals surface area (Å²) in [5, 5.41) is 6.20. The van der Waals surface area contributed by atoms with Crippen LogP contribution in [0, 0.1) is 5.92 Å². The van der Waals surface area contributed by atoms with E-state index in [9.17, 15) is 4.79 Å². The van der Waals surface area contributed by atoms with Crippen molar-refractivity contribution < 1.29 is 9.53 Å². The van der Waals surface area contributed by atoms with E-state index in [4.69, 9.17) is 4.74 Å². The Kier molecular flexibility index (Phi) is 6.42. The van der Waals surface area contributed by atoms with E-state index in [0.717, 1.165) is 45.5 Å².